The molecule has 3 atom stereocenters. The minimum Gasteiger partial charge on any atom is -0.350 e. The Kier molecular flexibility index (Phi) is 6.86. The van der Waals surface area contributed by atoms with E-state index in [1.165, 1.54) is 17.8 Å². The molecule has 3 amide bonds. The van der Waals surface area contributed by atoms with Crippen LogP contribution in [0.1, 0.15) is 33.3 Å². The minimum absolute atomic E-state index is 0.266. The summed E-state index contributed by atoms with van der Waals surface area (Å²) in [5.74, 6) is -0.977. The van der Waals surface area contributed by atoms with E-state index in [0.29, 0.717) is 11.3 Å². The molecule has 1 fully saturated rings. The zero-order valence-electron chi connectivity index (χ0n) is 16.0. The lowest BCUT2D eigenvalue weighted by Crippen LogP contribution is -2.58. The van der Waals surface area contributed by atoms with Crippen LogP contribution in [-0.4, -0.2) is 46.3 Å². The SMILES string of the molecule is C[C@H](NC(=O)[C@H]1CS[C@H](Cc2ccccc2F)C(=O)N1)C(=O)NC(C)(C)C. The van der Waals surface area contributed by atoms with Crippen molar-refractivity contribution in [1.82, 2.24) is 16.0 Å². The average Bonchev–Trinajstić information content (AvgIpc) is 2.56. The normalized spacial score (nSPS) is 21.1. The summed E-state index contributed by atoms with van der Waals surface area (Å²) in [6.45, 7) is 7.16. The third kappa shape index (κ3) is 6.23. The summed E-state index contributed by atoms with van der Waals surface area (Å²) in [5, 5.41) is 7.64. The number of thioether (sulfide) groups is 1. The molecule has 2 rings (SSSR count). The van der Waals surface area contributed by atoms with Crippen LogP contribution in [0.25, 0.3) is 0 Å². The molecule has 1 aliphatic rings. The third-order valence-electron chi connectivity index (χ3n) is 4.00. The number of amides is 3. The molecule has 0 aliphatic carbocycles. The smallest absolute Gasteiger partial charge is 0.244 e. The molecule has 6 nitrogen and oxygen atoms in total. The summed E-state index contributed by atoms with van der Waals surface area (Å²) >= 11 is 1.32. The number of nitrogens with one attached hydrogen (secondary N) is 3. The number of hydrogen-bond donors (Lipinski definition) is 3. The van der Waals surface area contributed by atoms with Crippen LogP contribution in [-0.2, 0) is 20.8 Å². The van der Waals surface area contributed by atoms with Gasteiger partial charge in [0.15, 0.2) is 0 Å². The van der Waals surface area contributed by atoms with Gasteiger partial charge in [-0.15, -0.1) is 11.8 Å². The maximum absolute atomic E-state index is 13.8. The van der Waals surface area contributed by atoms with Crippen molar-refractivity contribution < 1.29 is 18.8 Å². The molecular weight excluding hydrogens is 369 g/mol. The van der Waals surface area contributed by atoms with Gasteiger partial charge in [0.2, 0.25) is 17.7 Å². The second kappa shape index (κ2) is 8.73. The van der Waals surface area contributed by atoms with Crippen LogP contribution in [0.4, 0.5) is 4.39 Å². The quantitative estimate of drug-likeness (QED) is 0.703. The summed E-state index contributed by atoms with van der Waals surface area (Å²) in [6, 6.07) is 4.91. The van der Waals surface area contributed by atoms with E-state index < -0.39 is 28.8 Å². The van der Waals surface area contributed by atoms with Crippen molar-refractivity contribution in [2.24, 2.45) is 0 Å². The largest absolute Gasteiger partial charge is 0.350 e. The average molecular weight is 396 g/mol. The molecule has 0 aromatic heterocycles. The Morgan fingerprint density at radius 2 is 2.00 bits per heavy atom. The first-order valence-corrected chi connectivity index (χ1v) is 9.89. The van der Waals surface area contributed by atoms with Crippen LogP contribution in [0.15, 0.2) is 24.3 Å². The van der Waals surface area contributed by atoms with Gasteiger partial charge in [-0.05, 0) is 45.7 Å². The molecular formula is C19H26FN3O3S. The molecule has 27 heavy (non-hydrogen) atoms. The van der Waals surface area contributed by atoms with Crippen molar-refractivity contribution in [3.8, 4) is 0 Å². The summed E-state index contributed by atoms with van der Waals surface area (Å²) < 4.78 is 13.8. The van der Waals surface area contributed by atoms with Crippen LogP contribution in [0.3, 0.4) is 0 Å². The van der Waals surface area contributed by atoms with E-state index in [2.05, 4.69) is 16.0 Å². The maximum Gasteiger partial charge on any atom is 0.244 e. The first-order valence-electron chi connectivity index (χ1n) is 8.84. The van der Waals surface area contributed by atoms with E-state index in [1.54, 1.807) is 25.1 Å². The van der Waals surface area contributed by atoms with Crippen LogP contribution in [0.5, 0.6) is 0 Å². The predicted octanol–water partition coefficient (Wildman–Crippen LogP) is 1.39. The van der Waals surface area contributed by atoms with E-state index in [1.807, 2.05) is 20.8 Å². The van der Waals surface area contributed by atoms with Gasteiger partial charge in [0.05, 0.1) is 5.25 Å². The molecule has 0 radical (unpaired) electrons. The molecule has 8 heteroatoms. The molecule has 0 bridgehead atoms. The lowest BCUT2D eigenvalue weighted by molar-refractivity contribution is -0.132. The van der Waals surface area contributed by atoms with Gasteiger partial charge in [0.25, 0.3) is 0 Å². The van der Waals surface area contributed by atoms with E-state index in [-0.39, 0.29) is 24.1 Å². The van der Waals surface area contributed by atoms with Crippen LogP contribution in [0.2, 0.25) is 0 Å². The van der Waals surface area contributed by atoms with Gasteiger partial charge in [-0.2, -0.15) is 0 Å². The van der Waals surface area contributed by atoms with E-state index >= 15 is 0 Å². The second-order valence-electron chi connectivity index (χ2n) is 7.65. The van der Waals surface area contributed by atoms with E-state index in [9.17, 15) is 18.8 Å². The summed E-state index contributed by atoms with van der Waals surface area (Å²) in [7, 11) is 0. The highest BCUT2D eigenvalue weighted by molar-refractivity contribution is 8.00. The highest BCUT2D eigenvalue weighted by Crippen LogP contribution is 2.23. The Balaban J connectivity index is 1.88. The van der Waals surface area contributed by atoms with Crippen molar-refractivity contribution in [2.75, 3.05) is 5.75 Å². The number of carbonyl (C=O) groups is 3. The summed E-state index contributed by atoms with van der Waals surface area (Å²) in [6.07, 6.45) is 0.266. The summed E-state index contributed by atoms with van der Waals surface area (Å²) in [4.78, 5) is 36.8. The van der Waals surface area contributed by atoms with Crippen LogP contribution in [0, 0.1) is 5.82 Å². The Labute approximate surface area is 163 Å². The van der Waals surface area contributed by atoms with E-state index in [4.69, 9.17) is 0 Å². The molecule has 0 unspecified atom stereocenters. The Bertz CT molecular complexity index is 720. The molecule has 1 aromatic carbocycles. The van der Waals surface area contributed by atoms with Crippen LogP contribution >= 0.6 is 11.8 Å². The highest BCUT2D eigenvalue weighted by atomic mass is 32.2. The van der Waals surface area contributed by atoms with Crippen molar-refractivity contribution in [1.29, 1.82) is 0 Å². The topological polar surface area (TPSA) is 87.3 Å². The number of hydrogen-bond acceptors (Lipinski definition) is 4. The maximum atomic E-state index is 13.8. The number of carbonyl (C=O) groups excluding carboxylic acids is 3. The van der Waals surface area contributed by atoms with Gasteiger partial charge in [0, 0.05) is 11.3 Å². The van der Waals surface area contributed by atoms with Crippen molar-refractivity contribution in [2.45, 2.75) is 57.0 Å². The minimum atomic E-state index is -0.718. The molecule has 1 saturated heterocycles. The van der Waals surface area contributed by atoms with E-state index in [0.717, 1.165) is 0 Å². The zero-order chi connectivity index (χ0) is 20.2. The van der Waals surface area contributed by atoms with Crippen molar-refractivity contribution in [3.63, 3.8) is 0 Å². The number of rotatable bonds is 5. The zero-order valence-corrected chi connectivity index (χ0v) is 16.8. The Hall–Kier alpha value is -2.09. The fourth-order valence-electron chi connectivity index (χ4n) is 2.61. The fraction of sp³-hybridized carbons (Fsp3) is 0.526. The Morgan fingerprint density at radius 1 is 1.33 bits per heavy atom. The Morgan fingerprint density at radius 3 is 2.59 bits per heavy atom. The van der Waals surface area contributed by atoms with Crippen molar-refractivity contribution >= 4 is 29.5 Å². The second-order valence-corrected chi connectivity index (χ2v) is 8.88. The van der Waals surface area contributed by atoms with Crippen molar-refractivity contribution in [3.05, 3.63) is 35.6 Å². The van der Waals surface area contributed by atoms with Crippen LogP contribution < -0.4 is 16.0 Å². The first-order chi connectivity index (χ1) is 12.6. The van der Waals surface area contributed by atoms with Gasteiger partial charge >= 0.3 is 0 Å². The lowest BCUT2D eigenvalue weighted by atomic mass is 10.1. The van der Waals surface area contributed by atoms with Gasteiger partial charge in [-0.3, -0.25) is 14.4 Å². The lowest BCUT2D eigenvalue weighted by Gasteiger charge is -2.29. The standard InChI is InChI=1S/C19H26FN3O3S/c1-11(16(24)23-19(2,3)4)21-17(25)14-10-27-15(18(26)22-14)9-12-7-5-6-8-13(12)20/h5-8,11,14-15H,9-10H2,1-4H3,(H,21,25)(H,22,26)(H,23,24)/t11-,14+,15+/m0/s1. The third-order valence-corrected chi connectivity index (χ3v) is 5.31. The van der Waals surface area contributed by atoms with Gasteiger partial charge in [-0.25, -0.2) is 4.39 Å². The molecule has 3 N–H and O–H groups in total. The van der Waals surface area contributed by atoms with Gasteiger partial charge < -0.3 is 16.0 Å². The molecule has 1 aromatic rings. The molecule has 148 valence electrons. The van der Waals surface area contributed by atoms with Gasteiger partial charge in [0.1, 0.15) is 17.9 Å². The number of halogens is 1. The van der Waals surface area contributed by atoms with Gasteiger partial charge in [-0.1, -0.05) is 18.2 Å². The molecule has 1 heterocycles. The molecule has 1 aliphatic heterocycles. The summed E-state index contributed by atoms with van der Waals surface area (Å²) in [5.41, 5.74) is 0.0748. The fourth-order valence-corrected chi connectivity index (χ4v) is 3.78. The highest BCUT2D eigenvalue weighted by Gasteiger charge is 2.34. The first kappa shape index (κ1) is 21.2. The monoisotopic (exact) mass is 395 g/mol. The molecule has 0 spiro atoms. The predicted molar refractivity (Wildman–Crippen MR) is 104 cm³/mol. The number of benzene rings is 1. The molecule has 0 saturated carbocycles.